The van der Waals surface area contributed by atoms with Gasteiger partial charge in [0.2, 0.25) is 15.9 Å². The van der Waals surface area contributed by atoms with E-state index < -0.39 is 10.0 Å². The van der Waals surface area contributed by atoms with E-state index in [1.807, 2.05) is 19.1 Å². The molecule has 1 amide bonds. The summed E-state index contributed by atoms with van der Waals surface area (Å²) in [5, 5.41) is 3.40. The first-order chi connectivity index (χ1) is 14.6. The second-order valence-corrected chi connectivity index (χ2v) is 10.6. The maximum atomic E-state index is 12.6. The number of nitrogens with one attached hydrogen (secondary N) is 1. The predicted molar refractivity (Wildman–Crippen MR) is 127 cm³/mol. The number of amides is 1. The predicted octanol–water partition coefficient (Wildman–Crippen LogP) is 4.22. The lowest BCUT2D eigenvalue weighted by Gasteiger charge is -2.32. The molecule has 168 valence electrons. The number of piperidine rings is 1. The van der Waals surface area contributed by atoms with Gasteiger partial charge in [-0.2, -0.15) is 0 Å². The Bertz CT molecular complexity index is 986. The molecule has 2 aromatic rings. The van der Waals surface area contributed by atoms with Crippen LogP contribution in [0.5, 0.6) is 0 Å². The number of carbonyl (C=O) groups is 1. The lowest BCUT2D eigenvalue weighted by molar-refractivity contribution is -0.120. The first kappa shape index (κ1) is 23.4. The zero-order valence-corrected chi connectivity index (χ0v) is 19.8. The zero-order valence-electron chi connectivity index (χ0n) is 18.2. The minimum Gasteiger partial charge on any atom is -0.372 e. The quantitative estimate of drug-likeness (QED) is 0.667. The molecule has 0 radical (unpaired) electrons. The van der Waals surface area contributed by atoms with Gasteiger partial charge in [0.05, 0.1) is 18.0 Å². The summed E-state index contributed by atoms with van der Waals surface area (Å²) in [5.41, 5.74) is 2.56. The van der Waals surface area contributed by atoms with Crippen LogP contribution in [0.4, 0.5) is 11.4 Å². The maximum Gasteiger partial charge on any atom is 0.241 e. The molecule has 0 aliphatic carbocycles. The Kier molecular flexibility index (Phi) is 7.49. The largest absolute Gasteiger partial charge is 0.372 e. The smallest absolute Gasteiger partial charge is 0.241 e. The summed E-state index contributed by atoms with van der Waals surface area (Å²) >= 11 is 5.89. The van der Waals surface area contributed by atoms with Gasteiger partial charge in [0, 0.05) is 23.8 Å². The molecule has 8 heteroatoms. The molecule has 31 heavy (non-hydrogen) atoms. The monoisotopic (exact) mass is 463 g/mol. The Labute approximate surface area is 190 Å². The van der Waals surface area contributed by atoms with Crippen molar-refractivity contribution in [2.75, 3.05) is 35.1 Å². The molecule has 6 nitrogen and oxygen atoms in total. The normalized spacial score (nSPS) is 16.1. The summed E-state index contributed by atoms with van der Waals surface area (Å²) in [6.45, 7) is 6.03. The maximum absolute atomic E-state index is 12.6. The highest BCUT2D eigenvalue weighted by molar-refractivity contribution is 7.92. The van der Waals surface area contributed by atoms with Crippen molar-refractivity contribution in [3.8, 4) is 0 Å². The van der Waals surface area contributed by atoms with Crippen LogP contribution in [0, 0.1) is 5.92 Å². The van der Waals surface area contributed by atoms with Gasteiger partial charge in [-0.25, -0.2) is 8.42 Å². The zero-order chi connectivity index (χ0) is 22.6. The van der Waals surface area contributed by atoms with Crippen molar-refractivity contribution in [3.05, 3.63) is 59.1 Å². The molecule has 1 heterocycles. The summed E-state index contributed by atoms with van der Waals surface area (Å²) < 4.78 is 25.5. The van der Waals surface area contributed by atoms with Gasteiger partial charge in [-0.15, -0.1) is 0 Å². The molecule has 1 aliphatic rings. The Morgan fingerprint density at radius 3 is 2.26 bits per heavy atom. The van der Waals surface area contributed by atoms with Crippen LogP contribution in [-0.2, 0) is 14.8 Å². The molecule has 1 fully saturated rings. The highest BCUT2D eigenvalue weighted by atomic mass is 35.5. The minimum atomic E-state index is -3.62. The average molecular weight is 464 g/mol. The van der Waals surface area contributed by atoms with Crippen molar-refractivity contribution < 1.29 is 13.2 Å². The number of sulfonamides is 1. The third-order valence-electron chi connectivity index (χ3n) is 5.72. The van der Waals surface area contributed by atoms with Crippen LogP contribution in [-0.4, -0.2) is 40.2 Å². The molecule has 1 aliphatic heterocycles. The highest BCUT2D eigenvalue weighted by Crippen LogP contribution is 2.25. The van der Waals surface area contributed by atoms with Gasteiger partial charge in [-0.1, -0.05) is 30.7 Å². The molecule has 1 unspecified atom stereocenters. The summed E-state index contributed by atoms with van der Waals surface area (Å²) in [6.07, 6.45) is 3.50. The number of halogens is 1. The van der Waals surface area contributed by atoms with Crippen LogP contribution >= 0.6 is 11.6 Å². The van der Waals surface area contributed by atoms with E-state index in [9.17, 15) is 13.2 Å². The van der Waals surface area contributed by atoms with Gasteiger partial charge in [-0.05, 0) is 67.6 Å². The van der Waals surface area contributed by atoms with E-state index in [0.717, 1.165) is 35.1 Å². The van der Waals surface area contributed by atoms with Crippen molar-refractivity contribution in [2.45, 2.75) is 32.7 Å². The number of benzene rings is 2. The van der Waals surface area contributed by atoms with Crippen LogP contribution in [0.25, 0.3) is 0 Å². The topological polar surface area (TPSA) is 69.7 Å². The van der Waals surface area contributed by atoms with E-state index in [1.165, 1.54) is 18.5 Å². The van der Waals surface area contributed by atoms with Crippen LogP contribution in [0.3, 0.4) is 0 Å². The van der Waals surface area contributed by atoms with Crippen molar-refractivity contribution in [3.63, 3.8) is 0 Å². The molecule has 0 aromatic heterocycles. The van der Waals surface area contributed by atoms with Crippen molar-refractivity contribution in [1.82, 2.24) is 5.32 Å². The number of hydrogen-bond acceptors (Lipinski definition) is 4. The lowest BCUT2D eigenvalue weighted by Crippen LogP contribution is -2.41. The molecule has 0 saturated carbocycles. The molecule has 1 saturated heterocycles. The summed E-state index contributed by atoms with van der Waals surface area (Å²) in [6, 6.07) is 14.3. The first-order valence-corrected chi connectivity index (χ1v) is 12.7. The summed E-state index contributed by atoms with van der Waals surface area (Å²) in [7, 11) is -3.62. The van der Waals surface area contributed by atoms with E-state index in [-0.39, 0.29) is 18.5 Å². The van der Waals surface area contributed by atoms with Gasteiger partial charge in [0.15, 0.2) is 0 Å². The number of hydrogen-bond donors (Lipinski definition) is 1. The highest BCUT2D eigenvalue weighted by Gasteiger charge is 2.22. The van der Waals surface area contributed by atoms with Gasteiger partial charge in [-0.3, -0.25) is 9.10 Å². The third-order valence-corrected chi connectivity index (χ3v) is 7.11. The van der Waals surface area contributed by atoms with Crippen LogP contribution in [0.1, 0.15) is 38.3 Å². The fourth-order valence-corrected chi connectivity index (χ4v) is 4.73. The molecule has 0 bridgehead atoms. The SMILES string of the molecule is CC1CCN(c2ccc(C(C)NC(=O)CN(c3ccc(Cl)cc3)S(C)(=O)=O)cc2)CC1. The molecule has 1 atom stereocenters. The molecular weight excluding hydrogens is 434 g/mol. The number of anilines is 2. The van der Waals surface area contributed by atoms with Crippen molar-refractivity contribution >= 4 is 38.9 Å². The number of nitrogens with zero attached hydrogens (tertiary/aromatic N) is 2. The summed E-state index contributed by atoms with van der Waals surface area (Å²) in [4.78, 5) is 15.0. The number of carbonyl (C=O) groups excluding carboxylic acids is 1. The van der Waals surface area contributed by atoms with Crippen molar-refractivity contribution in [2.24, 2.45) is 5.92 Å². The average Bonchev–Trinajstić information content (AvgIpc) is 2.73. The minimum absolute atomic E-state index is 0.241. The Balaban J connectivity index is 1.63. The van der Waals surface area contributed by atoms with E-state index in [0.29, 0.717) is 10.7 Å². The number of rotatable bonds is 7. The molecule has 1 N–H and O–H groups in total. The second kappa shape index (κ2) is 9.92. The fraction of sp³-hybridized carbons (Fsp3) is 0.435. The molecular formula is C23H30ClN3O3S. The Morgan fingerprint density at radius 1 is 1.13 bits per heavy atom. The van der Waals surface area contributed by atoms with Gasteiger partial charge < -0.3 is 10.2 Å². The van der Waals surface area contributed by atoms with Crippen LogP contribution in [0.2, 0.25) is 5.02 Å². The fourth-order valence-electron chi connectivity index (χ4n) is 3.75. The van der Waals surface area contributed by atoms with Gasteiger partial charge in [0.25, 0.3) is 0 Å². The van der Waals surface area contributed by atoms with E-state index in [1.54, 1.807) is 24.3 Å². The Hall–Kier alpha value is -2.25. The standard InChI is InChI=1S/C23H30ClN3O3S/c1-17-12-14-26(15-13-17)21-8-4-19(5-9-21)18(2)25-23(28)16-27(31(3,29)30)22-10-6-20(24)7-11-22/h4-11,17-18H,12-16H2,1-3H3,(H,25,28). The molecule has 2 aromatic carbocycles. The first-order valence-electron chi connectivity index (χ1n) is 10.5. The Morgan fingerprint density at radius 2 is 1.71 bits per heavy atom. The van der Waals surface area contributed by atoms with Crippen molar-refractivity contribution in [1.29, 1.82) is 0 Å². The van der Waals surface area contributed by atoms with Crippen LogP contribution < -0.4 is 14.5 Å². The third kappa shape index (κ3) is 6.37. The van der Waals surface area contributed by atoms with E-state index in [4.69, 9.17) is 11.6 Å². The van der Waals surface area contributed by atoms with E-state index in [2.05, 4.69) is 29.3 Å². The van der Waals surface area contributed by atoms with Gasteiger partial charge in [0.1, 0.15) is 6.54 Å². The molecule has 3 rings (SSSR count). The molecule has 0 spiro atoms. The summed E-state index contributed by atoms with van der Waals surface area (Å²) in [5.74, 6) is 0.409. The van der Waals surface area contributed by atoms with Crippen LogP contribution in [0.15, 0.2) is 48.5 Å². The van der Waals surface area contributed by atoms with Gasteiger partial charge >= 0.3 is 0 Å². The lowest BCUT2D eigenvalue weighted by atomic mass is 9.98. The second-order valence-electron chi connectivity index (χ2n) is 8.30. The van der Waals surface area contributed by atoms with E-state index >= 15 is 0 Å².